The fourth-order valence-corrected chi connectivity index (χ4v) is 7.12. The van der Waals surface area contributed by atoms with E-state index in [9.17, 15) is 24.3 Å². The summed E-state index contributed by atoms with van der Waals surface area (Å²) in [7, 11) is 0. The molecular formula is C34H34N4O5. The second-order valence-electron chi connectivity index (χ2n) is 12.2. The number of nitrogens with zero attached hydrogens (tertiary/aromatic N) is 3. The summed E-state index contributed by atoms with van der Waals surface area (Å²) in [5.74, 6) is -0.934. The molecule has 4 aliphatic rings. The molecule has 0 spiro atoms. The van der Waals surface area contributed by atoms with Crippen molar-refractivity contribution in [2.75, 3.05) is 18.0 Å². The number of nitrogens with one attached hydrogen (secondary N) is 1. The first-order valence-corrected chi connectivity index (χ1v) is 15.0. The van der Waals surface area contributed by atoms with E-state index >= 15 is 0 Å². The van der Waals surface area contributed by atoms with Gasteiger partial charge in [0.05, 0.1) is 11.6 Å². The number of piperidine rings is 2. The Labute approximate surface area is 250 Å². The van der Waals surface area contributed by atoms with Gasteiger partial charge in [0.15, 0.2) is 0 Å². The average Bonchev–Trinajstić information content (AvgIpc) is 3.46. The van der Waals surface area contributed by atoms with Gasteiger partial charge in [-0.1, -0.05) is 42.5 Å². The number of hydrogen-bond acceptors (Lipinski definition) is 6. The Bertz CT molecular complexity index is 1650. The lowest BCUT2D eigenvalue weighted by Gasteiger charge is -2.38. The van der Waals surface area contributed by atoms with Crippen LogP contribution < -0.4 is 10.2 Å². The minimum atomic E-state index is -1.02. The molecular weight excluding hydrogens is 544 g/mol. The molecule has 9 nitrogen and oxygen atoms in total. The predicted octanol–water partition coefficient (Wildman–Crippen LogP) is 3.65. The topological polar surface area (TPSA) is 110 Å². The van der Waals surface area contributed by atoms with Gasteiger partial charge in [0.2, 0.25) is 11.8 Å². The number of carbonyl (C=O) groups excluding carboxylic acids is 4. The van der Waals surface area contributed by atoms with E-state index in [1.54, 1.807) is 6.07 Å². The Hall–Kier alpha value is -4.34. The highest BCUT2D eigenvalue weighted by Gasteiger charge is 2.41. The number of hydrogen-bond donors (Lipinski definition) is 2. The molecule has 2 N–H and O–H groups in total. The van der Waals surface area contributed by atoms with Crippen molar-refractivity contribution in [3.8, 4) is 0 Å². The van der Waals surface area contributed by atoms with Crippen molar-refractivity contribution >= 4 is 29.3 Å². The largest absolute Gasteiger partial charge is 0.385 e. The molecule has 2 fully saturated rings. The van der Waals surface area contributed by atoms with Crippen molar-refractivity contribution < 1.29 is 24.3 Å². The quantitative estimate of drug-likeness (QED) is 0.448. The normalized spacial score (nSPS) is 23.4. The highest BCUT2D eigenvalue weighted by Crippen LogP contribution is 2.39. The summed E-state index contributed by atoms with van der Waals surface area (Å²) in [4.78, 5) is 56.1. The van der Waals surface area contributed by atoms with Crippen LogP contribution in [0.5, 0.6) is 0 Å². The van der Waals surface area contributed by atoms with E-state index < -0.39 is 17.6 Å². The van der Waals surface area contributed by atoms with Gasteiger partial charge in [0.25, 0.3) is 11.8 Å². The lowest BCUT2D eigenvalue weighted by Crippen LogP contribution is -2.52. The molecule has 2 saturated heterocycles. The fourth-order valence-electron chi connectivity index (χ4n) is 7.12. The van der Waals surface area contributed by atoms with E-state index in [1.165, 1.54) is 4.90 Å². The first-order valence-electron chi connectivity index (χ1n) is 15.0. The summed E-state index contributed by atoms with van der Waals surface area (Å²) in [6.07, 6.45) is 1.61. The van der Waals surface area contributed by atoms with Gasteiger partial charge in [-0.3, -0.25) is 29.4 Å². The number of fused-ring (bicyclic) bond motifs is 2. The van der Waals surface area contributed by atoms with E-state index in [1.807, 2.05) is 53.4 Å². The van der Waals surface area contributed by atoms with Crippen molar-refractivity contribution in [2.45, 2.75) is 63.4 Å². The van der Waals surface area contributed by atoms with Gasteiger partial charge >= 0.3 is 0 Å². The third-order valence-electron chi connectivity index (χ3n) is 9.59. The molecule has 220 valence electrons. The minimum absolute atomic E-state index is 0.0230. The Morgan fingerprint density at radius 1 is 0.907 bits per heavy atom. The number of likely N-dealkylation sites (tertiary alicyclic amines) is 1. The van der Waals surface area contributed by atoms with Crippen LogP contribution in [-0.2, 0) is 28.3 Å². The second kappa shape index (κ2) is 10.4. The van der Waals surface area contributed by atoms with E-state index in [4.69, 9.17) is 0 Å². The number of rotatable bonds is 5. The molecule has 0 bridgehead atoms. The number of para-hydroxylation sites is 1. The molecule has 0 aliphatic carbocycles. The van der Waals surface area contributed by atoms with Gasteiger partial charge in [0, 0.05) is 49.4 Å². The fraction of sp³-hybridized carbons (Fsp3) is 0.353. The molecule has 0 saturated carbocycles. The van der Waals surface area contributed by atoms with Crippen LogP contribution in [-0.4, -0.2) is 57.7 Å². The lowest BCUT2D eigenvalue weighted by atomic mass is 9.83. The Balaban J connectivity index is 1.01. The zero-order valence-corrected chi connectivity index (χ0v) is 24.1. The average molecular weight is 579 g/mol. The van der Waals surface area contributed by atoms with Crippen molar-refractivity contribution in [3.05, 3.63) is 100 Å². The number of benzene rings is 3. The van der Waals surface area contributed by atoms with Crippen LogP contribution in [0.3, 0.4) is 0 Å². The SMILES string of the molecule is CC1c2ccc(CN3CCC(O)(c4ccc5c(c4)CN(C4CCC(=O)NC4=O)C5=O)CC3)cc2C(=O)N1c1ccccc1. The molecule has 4 amide bonds. The molecule has 4 heterocycles. The number of carbonyl (C=O) groups is 4. The summed E-state index contributed by atoms with van der Waals surface area (Å²) in [6.45, 7) is 4.41. The van der Waals surface area contributed by atoms with Crippen molar-refractivity contribution in [1.29, 1.82) is 0 Å². The second-order valence-corrected chi connectivity index (χ2v) is 12.2. The zero-order chi connectivity index (χ0) is 29.9. The molecule has 9 heteroatoms. The van der Waals surface area contributed by atoms with Gasteiger partial charge in [0.1, 0.15) is 6.04 Å². The Kier molecular flexibility index (Phi) is 6.67. The van der Waals surface area contributed by atoms with Gasteiger partial charge in [-0.05, 0) is 72.7 Å². The molecule has 3 aromatic carbocycles. The molecule has 3 aromatic rings. The highest BCUT2D eigenvalue weighted by molar-refractivity contribution is 6.11. The number of aliphatic hydroxyl groups is 1. The standard InChI is InChI=1S/C34H34N4O5/c1-21-26-9-7-22(17-28(26)33(42)38(21)25-5-3-2-4-6-25)19-36-15-13-34(43,14-16-36)24-8-10-27-23(18-24)20-37(32(27)41)29-11-12-30(39)35-31(29)40/h2-10,17-18,21,29,43H,11-16,19-20H2,1H3,(H,35,39,40). The van der Waals surface area contributed by atoms with Crippen LogP contribution in [0.25, 0.3) is 0 Å². The molecule has 0 aromatic heterocycles. The number of imide groups is 1. The highest BCUT2D eigenvalue weighted by atomic mass is 16.3. The number of amides is 4. The lowest BCUT2D eigenvalue weighted by molar-refractivity contribution is -0.136. The van der Waals surface area contributed by atoms with Crippen LogP contribution in [0.4, 0.5) is 5.69 Å². The molecule has 7 rings (SSSR count). The van der Waals surface area contributed by atoms with E-state index in [0.29, 0.717) is 44.5 Å². The number of anilines is 1. The van der Waals surface area contributed by atoms with Crippen molar-refractivity contribution in [1.82, 2.24) is 15.1 Å². The van der Waals surface area contributed by atoms with E-state index in [0.717, 1.165) is 33.5 Å². The van der Waals surface area contributed by atoms with Crippen LogP contribution >= 0.6 is 0 Å². The summed E-state index contributed by atoms with van der Waals surface area (Å²) in [6, 6.07) is 20.7. The first kappa shape index (κ1) is 27.5. The summed E-state index contributed by atoms with van der Waals surface area (Å²) < 4.78 is 0. The predicted molar refractivity (Wildman–Crippen MR) is 159 cm³/mol. The maximum Gasteiger partial charge on any atom is 0.259 e. The summed E-state index contributed by atoms with van der Waals surface area (Å²) in [5, 5.41) is 14.0. The monoisotopic (exact) mass is 578 g/mol. The van der Waals surface area contributed by atoms with Gasteiger partial charge in [-0.2, -0.15) is 0 Å². The molecule has 0 radical (unpaired) electrons. The van der Waals surface area contributed by atoms with E-state index in [2.05, 4.69) is 29.3 Å². The summed E-state index contributed by atoms with van der Waals surface area (Å²) >= 11 is 0. The van der Waals surface area contributed by atoms with Crippen molar-refractivity contribution in [2.24, 2.45) is 0 Å². The maximum absolute atomic E-state index is 13.4. The minimum Gasteiger partial charge on any atom is -0.385 e. The van der Waals surface area contributed by atoms with Crippen LogP contribution in [0.2, 0.25) is 0 Å². The van der Waals surface area contributed by atoms with Gasteiger partial charge < -0.3 is 14.9 Å². The first-order chi connectivity index (χ1) is 20.7. The third kappa shape index (κ3) is 4.73. The van der Waals surface area contributed by atoms with E-state index in [-0.39, 0.29) is 36.7 Å². The molecule has 2 unspecified atom stereocenters. The molecule has 43 heavy (non-hydrogen) atoms. The summed E-state index contributed by atoms with van der Waals surface area (Å²) in [5.41, 5.74) is 4.86. The van der Waals surface area contributed by atoms with Gasteiger partial charge in [-0.25, -0.2) is 0 Å². The van der Waals surface area contributed by atoms with Crippen LogP contribution in [0.1, 0.15) is 81.6 Å². The smallest absolute Gasteiger partial charge is 0.259 e. The molecule has 4 aliphatic heterocycles. The van der Waals surface area contributed by atoms with Gasteiger partial charge in [-0.15, -0.1) is 0 Å². The Morgan fingerprint density at radius 2 is 1.67 bits per heavy atom. The van der Waals surface area contributed by atoms with Crippen LogP contribution in [0.15, 0.2) is 66.7 Å². The molecule has 2 atom stereocenters. The zero-order valence-electron chi connectivity index (χ0n) is 24.1. The van der Waals surface area contributed by atoms with Crippen LogP contribution in [0, 0.1) is 0 Å². The van der Waals surface area contributed by atoms with Crippen molar-refractivity contribution in [3.63, 3.8) is 0 Å². The Morgan fingerprint density at radius 3 is 2.42 bits per heavy atom. The third-order valence-corrected chi connectivity index (χ3v) is 9.59. The maximum atomic E-state index is 13.4.